The summed E-state index contributed by atoms with van der Waals surface area (Å²) in [5.41, 5.74) is 7.62. The van der Waals surface area contributed by atoms with Gasteiger partial charge in [-0.15, -0.1) is 0 Å². The lowest BCUT2D eigenvalue weighted by Gasteiger charge is -2.11. The molecule has 30 heavy (non-hydrogen) atoms. The maximum atomic E-state index is 12.9. The molecule has 4 aromatic rings. The lowest BCUT2D eigenvalue weighted by Crippen LogP contribution is -2.17. The monoisotopic (exact) mass is 421 g/mol. The van der Waals surface area contributed by atoms with Crippen molar-refractivity contribution in [2.75, 3.05) is 12.4 Å². The van der Waals surface area contributed by atoms with Gasteiger partial charge in [0.25, 0.3) is 11.8 Å². The van der Waals surface area contributed by atoms with Gasteiger partial charge in [0.05, 0.1) is 17.8 Å². The number of halogens is 1. The van der Waals surface area contributed by atoms with Crippen molar-refractivity contribution in [3.63, 3.8) is 0 Å². The Morgan fingerprint density at radius 1 is 1.13 bits per heavy atom. The van der Waals surface area contributed by atoms with E-state index in [0.717, 1.165) is 5.56 Å². The van der Waals surface area contributed by atoms with Crippen LogP contribution >= 0.6 is 11.6 Å². The molecule has 4 rings (SSSR count). The highest BCUT2D eigenvalue weighted by molar-refractivity contribution is 6.32. The zero-order valence-electron chi connectivity index (χ0n) is 15.8. The minimum absolute atomic E-state index is 0.0191. The van der Waals surface area contributed by atoms with E-state index in [1.54, 1.807) is 28.7 Å². The van der Waals surface area contributed by atoms with Gasteiger partial charge in [0.2, 0.25) is 0 Å². The van der Waals surface area contributed by atoms with Crippen LogP contribution in [0.4, 0.5) is 5.69 Å². The lowest BCUT2D eigenvalue weighted by molar-refractivity contribution is 0.0993. The van der Waals surface area contributed by atoms with E-state index in [0.29, 0.717) is 22.2 Å². The molecule has 0 atom stereocenters. The smallest absolute Gasteiger partial charge is 0.274 e. The van der Waals surface area contributed by atoms with Crippen molar-refractivity contribution in [2.45, 2.75) is 0 Å². The Hall–Kier alpha value is -3.91. The zero-order valence-corrected chi connectivity index (χ0v) is 16.6. The van der Waals surface area contributed by atoms with Crippen LogP contribution in [-0.4, -0.2) is 33.3 Å². The van der Waals surface area contributed by atoms with E-state index in [1.165, 1.54) is 13.4 Å². The Morgan fingerprint density at radius 2 is 1.90 bits per heavy atom. The molecule has 0 aliphatic carbocycles. The molecule has 2 heterocycles. The highest BCUT2D eigenvalue weighted by Gasteiger charge is 2.19. The molecule has 3 N–H and O–H groups in total. The Bertz CT molecular complexity index is 1270. The standard InChI is InChI=1S/C21H16ClN5O3/c1-30-17-8-7-13(9-14(17)22)25-21(29)15-10-16(12-5-3-2-4-6-12)27-11-24-18(19(23)28)20(27)26-15/h2-11H,1H3,(H2,23,28)(H,25,29). The van der Waals surface area contributed by atoms with Crippen LogP contribution in [0, 0.1) is 0 Å². The molecule has 0 aliphatic heterocycles. The summed E-state index contributed by atoms with van der Waals surface area (Å²) in [6.45, 7) is 0. The second-order valence-electron chi connectivity index (χ2n) is 6.35. The fraction of sp³-hybridized carbons (Fsp3) is 0.0476. The third-order valence-corrected chi connectivity index (χ3v) is 4.74. The van der Waals surface area contributed by atoms with Crippen molar-refractivity contribution >= 4 is 34.7 Å². The van der Waals surface area contributed by atoms with Gasteiger partial charge in [-0.2, -0.15) is 0 Å². The third kappa shape index (κ3) is 3.56. The van der Waals surface area contributed by atoms with Crippen LogP contribution in [0.3, 0.4) is 0 Å². The van der Waals surface area contributed by atoms with E-state index < -0.39 is 11.8 Å². The second-order valence-corrected chi connectivity index (χ2v) is 6.75. The van der Waals surface area contributed by atoms with Gasteiger partial charge in [0, 0.05) is 5.69 Å². The largest absolute Gasteiger partial charge is 0.495 e. The predicted octanol–water partition coefficient (Wildman–Crippen LogP) is 3.41. The molecule has 0 bridgehead atoms. The summed E-state index contributed by atoms with van der Waals surface area (Å²) in [4.78, 5) is 33.1. The number of methoxy groups -OCH3 is 1. The Kier molecular flexibility index (Phi) is 5.07. The first-order valence-electron chi connectivity index (χ1n) is 8.86. The molecule has 0 fully saturated rings. The van der Waals surface area contributed by atoms with Crippen molar-refractivity contribution in [2.24, 2.45) is 5.73 Å². The van der Waals surface area contributed by atoms with E-state index in [9.17, 15) is 9.59 Å². The van der Waals surface area contributed by atoms with E-state index in [1.807, 2.05) is 30.3 Å². The number of anilines is 1. The Balaban J connectivity index is 1.80. The third-order valence-electron chi connectivity index (χ3n) is 4.45. The van der Waals surface area contributed by atoms with Crippen molar-refractivity contribution < 1.29 is 14.3 Å². The average molecular weight is 422 g/mol. The number of imidazole rings is 1. The number of primary amides is 1. The summed E-state index contributed by atoms with van der Waals surface area (Å²) >= 11 is 6.13. The number of rotatable bonds is 5. The number of benzene rings is 2. The number of carbonyl (C=O) groups excluding carboxylic acids is 2. The highest BCUT2D eigenvalue weighted by Crippen LogP contribution is 2.28. The molecule has 2 aromatic carbocycles. The number of amides is 2. The maximum absolute atomic E-state index is 12.9. The molecule has 0 saturated carbocycles. The minimum Gasteiger partial charge on any atom is -0.495 e. The van der Waals surface area contributed by atoms with Gasteiger partial charge in [-0.3, -0.25) is 14.0 Å². The number of nitrogens with zero attached hydrogens (tertiary/aromatic N) is 3. The van der Waals surface area contributed by atoms with Crippen molar-refractivity contribution in [1.82, 2.24) is 14.4 Å². The summed E-state index contributed by atoms with van der Waals surface area (Å²) in [5.74, 6) is -0.720. The van der Waals surface area contributed by atoms with Crippen LogP contribution in [0.1, 0.15) is 21.0 Å². The summed E-state index contributed by atoms with van der Waals surface area (Å²) in [6, 6.07) is 15.9. The summed E-state index contributed by atoms with van der Waals surface area (Å²) in [7, 11) is 1.51. The minimum atomic E-state index is -0.733. The predicted molar refractivity (Wildman–Crippen MR) is 113 cm³/mol. The highest BCUT2D eigenvalue weighted by atomic mass is 35.5. The van der Waals surface area contributed by atoms with Crippen LogP contribution in [0.25, 0.3) is 16.9 Å². The van der Waals surface area contributed by atoms with Gasteiger partial charge in [-0.25, -0.2) is 9.97 Å². The number of carbonyl (C=O) groups is 2. The molecule has 2 aromatic heterocycles. The fourth-order valence-electron chi connectivity index (χ4n) is 3.03. The SMILES string of the molecule is COc1ccc(NC(=O)c2cc(-c3ccccc3)n3cnc(C(N)=O)c3n2)cc1Cl. The molecular weight excluding hydrogens is 406 g/mol. The molecule has 2 amide bonds. The molecule has 0 radical (unpaired) electrons. The number of nitrogens with one attached hydrogen (secondary N) is 1. The zero-order chi connectivity index (χ0) is 21.3. The Morgan fingerprint density at radius 3 is 2.57 bits per heavy atom. The average Bonchev–Trinajstić information content (AvgIpc) is 3.18. The first-order chi connectivity index (χ1) is 14.5. The van der Waals surface area contributed by atoms with Crippen LogP contribution in [0.5, 0.6) is 5.75 Å². The molecule has 150 valence electrons. The topological polar surface area (TPSA) is 112 Å². The number of hydrogen-bond donors (Lipinski definition) is 2. The van der Waals surface area contributed by atoms with Gasteiger partial charge < -0.3 is 15.8 Å². The number of nitrogens with two attached hydrogens (primary N) is 1. The normalized spacial score (nSPS) is 10.7. The summed E-state index contributed by atoms with van der Waals surface area (Å²) < 4.78 is 6.74. The van der Waals surface area contributed by atoms with E-state index in [4.69, 9.17) is 22.1 Å². The number of aromatic nitrogens is 3. The number of hydrogen-bond acceptors (Lipinski definition) is 5. The molecule has 9 heteroatoms. The molecule has 0 aliphatic rings. The van der Waals surface area contributed by atoms with E-state index >= 15 is 0 Å². The second kappa shape index (κ2) is 7.84. The van der Waals surface area contributed by atoms with E-state index in [2.05, 4.69) is 15.3 Å². The molecule has 0 saturated heterocycles. The molecule has 0 spiro atoms. The van der Waals surface area contributed by atoms with Gasteiger partial charge in [-0.1, -0.05) is 41.9 Å². The number of fused-ring (bicyclic) bond motifs is 1. The fourth-order valence-corrected chi connectivity index (χ4v) is 3.29. The van der Waals surface area contributed by atoms with Gasteiger partial charge in [-0.05, 0) is 29.8 Å². The van der Waals surface area contributed by atoms with Crippen molar-refractivity contribution in [1.29, 1.82) is 0 Å². The van der Waals surface area contributed by atoms with Crippen molar-refractivity contribution in [3.05, 3.63) is 77.3 Å². The first kappa shape index (κ1) is 19.4. The van der Waals surface area contributed by atoms with Crippen LogP contribution in [0.15, 0.2) is 60.9 Å². The van der Waals surface area contributed by atoms with Crippen LogP contribution in [-0.2, 0) is 0 Å². The maximum Gasteiger partial charge on any atom is 0.274 e. The molecular formula is C21H16ClN5O3. The van der Waals surface area contributed by atoms with Crippen LogP contribution < -0.4 is 15.8 Å². The quantitative estimate of drug-likeness (QED) is 0.513. The van der Waals surface area contributed by atoms with E-state index in [-0.39, 0.29) is 17.0 Å². The molecule has 8 nitrogen and oxygen atoms in total. The summed E-state index contributed by atoms with van der Waals surface area (Å²) in [5, 5.41) is 3.10. The number of ether oxygens (including phenoxy) is 1. The van der Waals surface area contributed by atoms with Gasteiger partial charge in [0.15, 0.2) is 11.3 Å². The summed E-state index contributed by atoms with van der Waals surface area (Å²) in [6.07, 6.45) is 1.45. The molecule has 0 unspecified atom stereocenters. The van der Waals surface area contributed by atoms with Crippen LogP contribution in [0.2, 0.25) is 5.02 Å². The first-order valence-corrected chi connectivity index (χ1v) is 9.24. The Labute approximate surface area is 176 Å². The van der Waals surface area contributed by atoms with Crippen molar-refractivity contribution in [3.8, 4) is 17.0 Å². The van der Waals surface area contributed by atoms with Gasteiger partial charge >= 0.3 is 0 Å². The van der Waals surface area contributed by atoms with Gasteiger partial charge in [0.1, 0.15) is 17.8 Å². The lowest BCUT2D eigenvalue weighted by atomic mass is 10.1.